The normalized spacial score (nSPS) is 11.0. The molecule has 0 saturated carbocycles. The van der Waals surface area contributed by atoms with Crippen LogP contribution < -0.4 is 5.56 Å². The van der Waals surface area contributed by atoms with Crippen molar-refractivity contribution in [1.29, 1.82) is 0 Å². The molecule has 0 amide bonds. The van der Waals surface area contributed by atoms with Crippen LogP contribution in [0.2, 0.25) is 0 Å². The van der Waals surface area contributed by atoms with E-state index in [1.807, 2.05) is 0 Å². The van der Waals surface area contributed by atoms with E-state index in [2.05, 4.69) is 4.98 Å². The topological polar surface area (TPSA) is 76.2 Å². The number of Topliss-reactive ketones (excluding diaryl/α,β-unsaturated/α-hetero) is 1. The average molecular weight is 237 g/mol. The molecule has 92 valence electrons. The van der Waals surface area contributed by atoms with E-state index < -0.39 is 17.4 Å². The summed E-state index contributed by atoms with van der Waals surface area (Å²) in [5.74, 6) is -1.64. The van der Waals surface area contributed by atoms with Gasteiger partial charge in [0.1, 0.15) is 5.60 Å². The lowest BCUT2D eigenvalue weighted by Crippen LogP contribution is -2.30. The van der Waals surface area contributed by atoms with Crippen molar-refractivity contribution < 1.29 is 14.3 Å². The van der Waals surface area contributed by atoms with Crippen molar-refractivity contribution in [2.75, 3.05) is 0 Å². The van der Waals surface area contributed by atoms with E-state index in [9.17, 15) is 14.4 Å². The summed E-state index contributed by atoms with van der Waals surface area (Å²) in [5.41, 5.74) is -0.830. The Kier molecular flexibility index (Phi) is 3.83. The van der Waals surface area contributed by atoms with Crippen LogP contribution in [0, 0.1) is 0 Å². The number of carbonyl (C=O) groups is 2. The highest BCUT2D eigenvalue weighted by Crippen LogP contribution is 2.07. The Balaban J connectivity index is 2.71. The Morgan fingerprint density at radius 1 is 1.35 bits per heavy atom. The summed E-state index contributed by atoms with van der Waals surface area (Å²) >= 11 is 0. The molecule has 1 aromatic rings. The van der Waals surface area contributed by atoms with E-state index in [4.69, 9.17) is 4.74 Å². The SMILES string of the molecule is CC(C)(C)OC(=O)C(=O)Cc1ccc[nH]c1=O. The number of esters is 1. The quantitative estimate of drug-likeness (QED) is 0.624. The van der Waals surface area contributed by atoms with Gasteiger partial charge in [-0.3, -0.25) is 9.59 Å². The second-order valence-electron chi connectivity index (χ2n) is 4.63. The van der Waals surface area contributed by atoms with Crippen LogP contribution in [-0.4, -0.2) is 22.3 Å². The first-order valence-corrected chi connectivity index (χ1v) is 5.22. The first kappa shape index (κ1) is 13.2. The van der Waals surface area contributed by atoms with Crippen molar-refractivity contribution in [3.05, 3.63) is 34.2 Å². The van der Waals surface area contributed by atoms with Gasteiger partial charge < -0.3 is 9.72 Å². The highest BCUT2D eigenvalue weighted by molar-refractivity contribution is 6.34. The minimum Gasteiger partial charge on any atom is -0.454 e. The van der Waals surface area contributed by atoms with Crippen molar-refractivity contribution in [3.8, 4) is 0 Å². The van der Waals surface area contributed by atoms with Crippen LogP contribution in [0.1, 0.15) is 26.3 Å². The fourth-order valence-corrected chi connectivity index (χ4v) is 1.18. The summed E-state index contributed by atoms with van der Waals surface area (Å²) in [7, 11) is 0. The smallest absolute Gasteiger partial charge is 0.375 e. The van der Waals surface area contributed by atoms with Crippen LogP contribution >= 0.6 is 0 Å². The molecule has 1 aromatic heterocycles. The molecule has 0 spiro atoms. The van der Waals surface area contributed by atoms with Gasteiger partial charge in [0, 0.05) is 18.2 Å². The number of rotatable bonds is 3. The molecule has 0 atom stereocenters. The minimum absolute atomic E-state index is 0.245. The van der Waals surface area contributed by atoms with Crippen LogP contribution in [0.25, 0.3) is 0 Å². The molecule has 0 bridgehead atoms. The third kappa shape index (κ3) is 4.22. The van der Waals surface area contributed by atoms with Gasteiger partial charge in [-0.15, -0.1) is 0 Å². The van der Waals surface area contributed by atoms with Crippen molar-refractivity contribution in [2.45, 2.75) is 32.8 Å². The number of hydrogen-bond donors (Lipinski definition) is 1. The van der Waals surface area contributed by atoms with Crippen LogP contribution in [-0.2, 0) is 20.7 Å². The molecule has 5 nitrogen and oxygen atoms in total. The lowest BCUT2D eigenvalue weighted by atomic mass is 10.1. The number of carbonyl (C=O) groups excluding carboxylic acids is 2. The fraction of sp³-hybridized carbons (Fsp3) is 0.417. The standard InChI is InChI=1S/C12H15NO4/c1-12(2,3)17-11(16)9(14)7-8-5-4-6-13-10(8)15/h4-6H,7H2,1-3H3,(H,13,15). The lowest BCUT2D eigenvalue weighted by molar-refractivity contribution is -0.162. The van der Waals surface area contributed by atoms with Gasteiger partial charge >= 0.3 is 5.97 Å². The Morgan fingerprint density at radius 2 is 2.00 bits per heavy atom. The molecule has 1 heterocycles. The number of H-pyrrole nitrogens is 1. The van der Waals surface area contributed by atoms with Gasteiger partial charge in [0.05, 0.1) is 0 Å². The Labute approximate surface area is 98.8 Å². The van der Waals surface area contributed by atoms with Crippen molar-refractivity contribution >= 4 is 11.8 Å². The summed E-state index contributed by atoms with van der Waals surface area (Å²) in [5, 5.41) is 0. The maximum atomic E-state index is 11.5. The number of pyridine rings is 1. The number of ether oxygens (including phenoxy) is 1. The van der Waals surface area contributed by atoms with E-state index in [-0.39, 0.29) is 17.5 Å². The maximum absolute atomic E-state index is 11.5. The first-order valence-electron chi connectivity index (χ1n) is 5.22. The van der Waals surface area contributed by atoms with E-state index in [0.29, 0.717) is 0 Å². The molecular weight excluding hydrogens is 222 g/mol. The van der Waals surface area contributed by atoms with Gasteiger partial charge in [-0.25, -0.2) is 4.79 Å². The van der Waals surface area contributed by atoms with Gasteiger partial charge in [0.2, 0.25) is 5.78 Å². The number of aromatic amines is 1. The largest absolute Gasteiger partial charge is 0.454 e. The molecule has 0 fully saturated rings. The second-order valence-corrected chi connectivity index (χ2v) is 4.63. The molecule has 0 aliphatic carbocycles. The Morgan fingerprint density at radius 3 is 2.53 bits per heavy atom. The molecule has 0 unspecified atom stereocenters. The van der Waals surface area contributed by atoms with Crippen LogP contribution in [0.5, 0.6) is 0 Å². The lowest BCUT2D eigenvalue weighted by Gasteiger charge is -2.18. The van der Waals surface area contributed by atoms with E-state index in [1.165, 1.54) is 12.3 Å². The molecule has 0 saturated heterocycles. The number of hydrogen-bond acceptors (Lipinski definition) is 4. The third-order valence-corrected chi connectivity index (χ3v) is 1.88. The van der Waals surface area contributed by atoms with E-state index in [1.54, 1.807) is 26.8 Å². The maximum Gasteiger partial charge on any atom is 0.375 e. The summed E-state index contributed by atoms with van der Waals surface area (Å²) < 4.78 is 4.91. The predicted octanol–water partition coefficient (Wildman–Crippen LogP) is 0.828. The van der Waals surface area contributed by atoms with Gasteiger partial charge in [0.25, 0.3) is 5.56 Å². The first-order chi connectivity index (χ1) is 7.79. The molecular formula is C12H15NO4. The second kappa shape index (κ2) is 4.95. The third-order valence-electron chi connectivity index (χ3n) is 1.88. The van der Waals surface area contributed by atoms with E-state index >= 15 is 0 Å². The Bertz CT molecular complexity index is 482. The summed E-state index contributed by atoms with van der Waals surface area (Å²) in [6.07, 6.45) is 1.22. The summed E-state index contributed by atoms with van der Waals surface area (Å²) in [4.78, 5) is 36.6. The highest BCUT2D eigenvalue weighted by Gasteiger charge is 2.23. The fourth-order valence-electron chi connectivity index (χ4n) is 1.18. The van der Waals surface area contributed by atoms with Crippen molar-refractivity contribution in [3.63, 3.8) is 0 Å². The van der Waals surface area contributed by atoms with Gasteiger partial charge in [-0.1, -0.05) is 6.07 Å². The van der Waals surface area contributed by atoms with Crippen molar-refractivity contribution in [1.82, 2.24) is 4.98 Å². The average Bonchev–Trinajstić information content (AvgIpc) is 2.18. The minimum atomic E-state index is -0.916. The Hall–Kier alpha value is -1.91. The molecule has 17 heavy (non-hydrogen) atoms. The predicted molar refractivity (Wildman–Crippen MR) is 61.6 cm³/mol. The number of aromatic nitrogens is 1. The van der Waals surface area contributed by atoms with Gasteiger partial charge in [-0.2, -0.15) is 0 Å². The molecule has 0 radical (unpaired) electrons. The number of ketones is 1. The zero-order valence-electron chi connectivity index (χ0n) is 10.1. The van der Waals surface area contributed by atoms with Crippen molar-refractivity contribution in [2.24, 2.45) is 0 Å². The number of nitrogens with one attached hydrogen (secondary N) is 1. The molecule has 5 heteroatoms. The highest BCUT2D eigenvalue weighted by atomic mass is 16.6. The summed E-state index contributed by atoms with van der Waals surface area (Å²) in [6, 6.07) is 3.10. The molecule has 0 aliphatic rings. The molecule has 1 rings (SSSR count). The summed E-state index contributed by atoms with van der Waals surface area (Å²) in [6.45, 7) is 5.02. The van der Waals surface area contributed by atoms with Crippen LogP contribution in [0.15, 0.2) is 23.1 Å². The van der Waals surface area contributed by atoms with Crippen LogP contribution in [0.3, 0.4) is 0 Å². The monoisotopic (exact) mass is 237 g/mol. The molecule has 0 aromatic carbocycles. The van der Waals surface area contributed by atoms with Gasteiger partial charge in [0.15, 0.2) is 0 Å². The zero-order valence-corrected chi connectivity index (χ0v) is 10.1. The van der Waals surface area contributed by atoms with Gasteiger partial charge in [-0.05, 0) is 26.8 Å². The molecule has 0 aliphatic heterocycles. The van der Waals surface area contributed by atoms with E-state index in [0.717, 1.165) is 0 Å². The van der Waals surface area contributed by atoms with Crippen LogP contribution in [0.4, 0.5) is 0 Å². The zero-order chi connectivity index (χ0) is 13.1. The molecule has 1 N–H and O–H groups in total.